The molecular weight excluding hydrogens is 880 g/mol. The van der Waals surface area contributed by atoms with Crippen molar-refractivity contribution in [1.82, 2.24) is 29.9 Å². The Morgan fingerprint density at radius 1 is 0.333 bits per heavy atom. The van der Waals surface area contributed by atoms with Gasteiger partial charge in [0.25, 0.3) is 0 Å². The number of hydrogen-bond donors (Lipinski definition) is 4. The molecule has 10 aromatic rings. The Morgan fingerprint density at radius 2 is 0.696 bits per heavy atom. The van der Waals surface area contributed by atoms with Crippen molar-refractivity contribution in [3.05, 3.63) is 189 Å². The standard InChI is InChI=1S/C29H25N3O2.C19H18ClN3.C10H8O2/c1-16-9-11-20(18(3)13-16)27-30-28(21-12-10-17(2)14-19(21)4)32-29(31-27)26-23-8-6-5-7-22(23)24(33)15-25(26)34;1-11-5-7-15(13(3)9-11)17-21-18(23-19(20)22-17)16-8-6-12(2)10-14(16)4;11-8-5-7-3-1-2-4-9(7)10(12)6-8/h5-15,33-34H,1-4H3;5-10H,1-4H3;1-6,11-12H. The number of aromatic hydroxyl groups is 4. The van der Waals surface area contributed by atoms with E-state index in [1.807, 2.05) is 98.8 Å². The van der Waals surface area contributed by atoms with Gasteiger partial charge in [-0.2, -0.15) is 9.97 Å². The lowest BCUT2D eigenvalue weighted by Crippen LogP contribution is -2.02. The molecule has 0 aliphatic heterocycles. The number of hydrogen-bond acceptors (Lipinski definition) is 10. The maximum atomic E-state index is 10.9. The van der Waals surface area contributed by atoms with Gasteiger partial charge < -0.3 is 20.4 Å². The lowest BCUT2D eigenvalue weighted by Gasteiger charge is -2.14. The third kappa shape index (κ3) is 10.5. The van der Waals surface area contributed by atoms with Crippen molar-refractivity contribution in [2.75, 3.05) is 0 Å². The Kier molecular flexibility index (Phi) is 13.7. The molecule has 0 radical (unpaired) electrons. The highest BCUT2D eigenvalue weighted by atomic mass is 35.5. The molecule has 0 fully saturated rings. The molecule has 8 aromatic carbocycles. The van der Waals surface area contributed by atoms with E-state index in [1.165, 1.54) is 23.3 Å². The second-order valence-corrected chi connectivity index (χ2v) is 17.7. The molecule has 0 saturated heterocycles. The van der Waals surface area contributed by atoms with Crippen LogP contribution < -0.4 is 0 Å². The van der Waals surface area contributed by atoms with Crippen molar-refractivity contribution in [1.29, 1.82) is 0 Å². The van der Waals surface area contributed by atoms with Crippen LogP contribution in [0, 0.1) is 55.4 Å². The van der Waals surface area contributed by atoms with Gasteiger partial charge in [0.1, 0.15) is 23.0 Å². The molecule has 344 valence electrons. The van der Waals surface area contributed by atoms with Crippen molar-refractivity contribution in [3.63, 3.8) is 0 Å². The number of aromatic nitrogens is 6. The molecule has 0 unspecified atom stereocenters. The van der Waals surface area contributed by atoms with Gasteiger partial charge in [0, 0.05) is 50.5 Å². The summed E-state index contributed by atoms with van der Waals surface area (Å²) in [5.74, 6) is 2.78. The molecular formula is C58H51ClN6O4. The maximum absolute atomic E-state index is 10.9. The molecule has 2 heterocycles. The van der Waals surface area contributed by atoms with E-state index in [1.54, 1.807) is 6.07 Å². The van der Waals surface area contributed by atoms with Crippen LogP contribution in [0.4, 0.5) is 0 Å². The normalized spacial score (nSPS) is 10.9. The predicted octanol–water partition coefficient (Wildman–Crippen LogP) is 14.0. The number of halogens is 1. The zero-order chi connectivity index (χ0) is 49.1. The van der Waals surface area contributed by atoms with Crippen LogP contribution in [0.3, 0.4) is 0 Å². The first-order valence-electron chi connectivity index (χ1n) is 22.4. The highest BCUT2D eigenvalue weighted by Crippen LogP contribution is 2.41. The van der Waals surface area contributed by atoms with Gasteiger partial charge in [0.05, 0.1) is 5.56 Å². The number of rotatable bonds is 5. The third-order valence-corrected chi connectivity index (χ3v) is 12.0. The Hall–Kier alpha value is -8.21. The third-order valence-electron chi connectivity index (χ3n) is 11.8. The smallest absolute Gasteiger partial charge is 0.226 e. The van der Waals surface area contributed by atoms with Crippen LogP contribution in [0.25, 0.3) is 78.5 Å². The highest BCUT2D eigenvalue weighted by molar-refractivity contribution is 6.28. The van der Waals surface area contributed by atoms with Crippen LogP contribution in [0.2, 0.25) is 5.28 Å². The van der Waals surface area contributed by atoms with E-state index >= 15 is 0 Å². The fourth-order valence-corrected chi connectivity index (χ4v) is 8.59. The van der Waals surface area contributed by atoms with Crippen LogP contribution >= 0.6 is 11.6 Å². The van der Waals surface area contributed by atoms with Crippen LogP contribution in [0.1, 0.15) is 44.5 Å². The molecule has 0 bridgehead atoms. The summed E-state index contributed by atoms with van der Waals surface area (Å²) in [4.78, 5) is 27.8. The lowest BCUT2D eigenvalue weighted by molar-refractivity contribution is 0.454. The van der Waals surface area contributed by atoms with Crippen molar-refractivity contribution < 1.29 is 20.4 Å². The van der Waals surface area contributed by atoms with E-state index in [4.69, 9.17) is 31.7 Å². The summed E-state index contributed by atoms with van der Waals surface area (Å²) in [5.41, 5.74) is 13.3. The monoisotopic (exact) mass is 930 g/mol. The fraction of sp³-hybridized carbons (Fsp3) is 0.138. The van der Waals surface area contributed by atoms with Crippen molar-refractivity contribution in [2.45, 2.75) is 55.4 Å². The first kappa shape index (κ1) is 47.3. The van der Waals surface area contributed by atoms with Crippen LogP contribution in [0.15, 0.2) is 140 Å². The summed E-state index contributed by atoms with van der Waals surface area (Å²) >= 11 is 6.15. The number of phenolic OH excluding ortho intramolecular Hbond substituents is 4. The van der Waals surface area contributed by atoms with E-state index in [2.05, 4.69) is 92.9 Å². The number of fused-ring (bicyclic) bond motifs is 2. The van der Waals surface area contributed by atoms with E-state index in [0.717, 1.165) is 66.4 Å². The number of benzene rings is 8. The Balaban J connectivity index is 0.000000157. The molecule has 0 aliphatic rings. The first-order valence-corrected chi connectivity index (χ1v) is 22.7. The second-order valence-electron chi connectivity index (χ2n) is 17.4. The SMILES string of the molecule is Cc1ccc(-c2nc(-c3ccc(C)cc3C)nc(-c3c(O)cc(O)c4ccccc34)n2)c(C)c1.Cc1ccc(-c2nc(Cl)nc(-c3ccc(C)cc3C)n2)c(C)c1.Oc1cc(O)c2ccccc2c1. The van der Waals surface area contributed by atoms with Gasteiger partial charge in [-0.15, -0.1) is 0 Å². The van der Waals surface area contributed by atoms with E-state index in [-0.39, 0.29) is 28.3 Å². The largest absolute Gasteiger partial charge is 0.508 e. The molecule has 4 N–H and O–H groups in total. The van der Waals surface area contributed by atoms with Gasteiger partial charge in [-0.25, -0.2) is 19.9 Å². The summed E-state index contributed by atoms with van der Waals surface area (Å²) in [6.07, 6.45) is 0. The molecule has 69 heavy (non-hydrogen) atoms. The van der Waals surface area contributed by atoms with Crippen molar-refractivity contribution in [3.8, 4) is 79.9 Å². The van der Waals surface area contributed by atoms with Crippen molar-refractivity contribution >= 4 is 33.1 Å². The summed E-state index contributed by atoms with van der Waals surface area (Å²) in [6, 6.07) is 43.7. The number of phenols is 4. The molecule has 0 atom stereocenters. The molecule has 11 heteroatoms. The quantitative estimate of drug-likeness (QED) is 0.131. The number of nitrogens with zero attached hydrogens (tertiary/aromatic N) is 6. The van der Waals surface area contributed by atoms with Gasteiger partial charge in [-0.1, -0.05) is 144 Å². The molecule has 0 amide bonds. The molecule has 0 aliphatic carbocycles. The van der Waals surface area contributed by atoms with Gasteiger partial charge in [-0.3, -0.25) is 0 Å². The van der Waals surface area contributed by atoms with Gasteiger partial charge in [0.2, 0.25) is 5.28 Å². The summed E-state index contributed by atoms with van der Waals surface area (Å²) < 4.78 is 0. The fourth-order valence-electron chi connectivity index (χ4n) is 8.43. The average molecular weight is 932 g/mol. The van der Waals surface area contributed by atoms with E-state index < -0.39 is 0 Å². The molecule has 0 saturated carbocycles. The van der Waals surface area contributed by atoms with Crippen LogP contribution in [-0.4, -0.2) is 50.3 Å². The summed E-state index contributed by atoms with van der Waals surface area (Å²) in [6.45, 7) is 16.4. The molecule has 10 rings (SSSR count). The molecule has 2 aromatic heterocycles. The molecule has 0 spiro atoms. The Labute approximate surface area is 406 Å². The minimum atomic E-state index is -0.0828. The highest BCUT2D eigenvalue weighted by Gasteiger charge is 2.20. The maximum Gasteiger partial charge on any atom is 0.226 e. The van der Waals surface area contributed by atoms with Gasteiger partial charge >= 0.3 is 0 Å². The minimum absolute atomic E-state index is 0.00936. The zero-order valence-electron chi connectivity index (χ0n) is 39.6. The first-order chi connectivity index (χ1) is 33.0. The van der Waals surface area contributed by atoms with Crippen molar-refractivity contribution in [2.24, 2.45) is 0 Å². The van der Waals surface area contributed by atoms with Gasteiger partial charge in [0.15, 0.2) is 29.1 Å². The topological polar surface area (TPSA) is 158 Å². The summed E-state index contributed by atoms with van der Waals surface area (Å²) in [7, 11) is 0. The van der Waals surface area contributed by atoms with Crippen LogP contribution in [0.5, 0.6) is 23.0 Å². The Morgan fingerprint density at radius 3 is 1.13 bits per heavy atom. The Bertz CT molecular complexity index is 3440. The summed E-state index contributed by atoms with van der Waals surface area (Å²) in [5, 5.41) is 42.9. The minimum Gasteiger partial charge on any atom is -0.508 e. The van der Waals surface area contributed by atoms with E-state index in [0.29, 0.717) is 45.5 Å². The lowest BCUT2D eigenvalue weighted by atomic mass is 10.0. The molecule has 10 nitrogen and oxygen atoms in total. The van der Waals surface area contributed by atoms with Gasteiger partial charge in [-0.05, 0) is 101 Å². The van der Waals surface area contributed by atoms with Crippen LogP contribution in [-0.2, 0) is 0 Å². The number of aryl methyl sites for hydroxylation is 8. The second kappa shape index (κ2) is 19.9. The van der Waals surface area contributed by atoms with E-state index in [9.17, 15) is 15.3 Å². The zero-order valence-corrected chi connectivity index (χ0v) is 40.4. The predicted molar refractivity (Wildman–Crippen MR) is 278 cm³/mol. The average Bonchev–Trinajstić information content (AvgIpc) is 3.29.